The number of hydrogen-bond donors (Lipinski definition) is 0. The minimum atomic E-state index is -1.55. The quantitative estimate of drug-likeness (QED) is 0.299. The van der Waals surface area contributed by atoms with Crippen LogP contribution < -0.4 is 69.3 Å². The van der Waals surface area contributed by atoms with Gasteiger partial charge in [0.15, 0.2) is 0 Å². The van der Waals surface area contributed by atoms with Crippen molar-refractivity contribution >= 4 is 24.0 Å². The van der Waals surface area contributed by atoms with E-state index >= 15 is 0 Å². The summed E-state index contributed by atoms with van der Waals surface area (Å²) >= 11 is 0. The van der Waals surface area contributed by atoms with Crippen LogP contribution >= 0.6 is 0 Å². The van der Waals surface area contributed by atoms with Crippen molar-refractivity contribution in [3.8, 4) is 0 Å². The van der Waals surface area contributed by atoms with Gasteiger partial charge in [-0.05, 0) is 24.6 Å². The number of aliphatic carboxylic acids is 2. The Morgan fingerprint density at radius 3 is 1.56 bits per heavy atom. The monoisotopic (exact) mass is 364 g/mol. The fourth-order valence-corrected chi connectivity index (χ4v) is 0.899. The van der Waals surface area contributed by atoms with Crippen molar-refractivity contribution in [2.45, 2.75) is 6.92 Å². The van der Waals surface area contributed by atoms with Crippen LogP contribution in [0.1, 0.15) is 12.5 Å². The van der Waals surface area contributed by atoms with Gasteiger partial charge in [-0.3, -0.25) is 0 Å². The number of carbonyl (C=O) groups excluding carboxylic acids is 3. The molecule has 0 aliphatic carbocycles. The summed E-state index contributed by atoms with van der Waals surface area (Å²) in [7, 11) is 1.33. The molecule has 0 atom stereocenters. The number of esters is 1. The SMILES string of the molecule is C=C(C)C(=O)OC.C=Cc1ccccc1.O=C([O-])C=CC(=O)[O-].[Na+].[Na+]. The molecule has 0 aliphatic heterocycles. The maximum Gasteiger partial charge on any atom is 1.00 e. The van der Waals surface area contributed by atoms with Crippen molar-refractivity contribution in [1.82, 2.24) is 0 Å². The number of benzene rings is 1. The summed E-state index contributed by atoms with van der Waals surface area (Å²) in [5, 5.41) is 18.8. The summed E-state index contributed by atoms with van der Waals surface area (Å²) in [6, 6.07) is 10.0. The van der Waals surface area contributed by atoms with Gasteiger partial charge >= 0.3 is 65.1 Å². The minimum absolute atomic E-state index is 0. The molecule has 0 saturated carbocycles. The van der Waals surface area contributed by atoms with Gasteiger partial charge in [0, 0.05) is 5.57 Å². The largest absolute Gasteiger partial charge is 1.00 e. The summed E-state index contributed by atoms with van der Waals surface area (Å²) in [4.78, 5) is 29.0. The third-order valence-electron chi connectivity index (χ3n) is 1.92. The fraction of sp³-hybridized carbons (Fsp3) is 0.118. The number of rotatable bonds is 4. The topological polar surface area (TPSA) is 107 Å². The first kappa shape index (κ1) is 31.6. The molecule has 0 aromatic heterocycles. The van der Waals surface area contributed by atoms with Crippen LogP contribution in [0.2, 0.25) is 0 Å². The van der Waals surface area contributed by atoms with E-state index in [0.717, 1.165) is 0 Å². The zero-order valence-corrected chi connectivity index (χ0v) is 19.0. The van der Waals surface area contributed by atoms with Gasteiger partial charge in [-0.2, -0.15) is 0 Å². The van der Waals surface area contributed by atoms with E-state index in [0.29, 0.717) is 17.7 Å². The van der Waals surface area contributed by atoms with Crippen molar-refractivity contribution in [1.29, 1.82) is 0 Å². The second-order valence-electron chi connectivity index (χ2n) is 3.86. The molecule has 0 spiro atoms. The molecule has 8 heteroatoms. The molecule has 0 aliphatic rings. The van der Waals surface area contributed by atoms with E-state index in [2.05, 4.69) is 17.9 Å². The molecule has 1 aromatic rings. The molecule has 6 nitrogen and oxygen atoms in total. The third-order valence-corrected chi connectivity index (χ3v) is 1.92. The van der Waals surface area contributed by atoms with E-state index < -0.39 is 11.9 Å². The molecule has 0 N–H and O–H groups in total. The van der Waals surface area contributed by atoms with Crippen molar-refractivity contribution in [3.63, 3.8) is 0 Å². The van der Waals surface area contributed by atoms with Crippen molar-refractivity contribution in [2.24, 2.45) is 0 Å². The predicted octanol–water partition coefficient (Wildman–Crippen LogP) is -5.88. The first-order chi connectivity index (χ1) is 10.7. The molecule has 0 fully saturated rings. The van der Waals surface area contributed by atoms with E-state index in [-0.39, 0.29) is 65.1 Å². The standard InChI is InChI=1S/C8H8.C5H8O2.C4H4O4.2Na/c1-2-8-6-4-3-5-7-8;1-4(2)5(6)7-3;5-3(6)1-2-4(7)8;;/h2-7H,1H2;1H2,2-3H3;1-2H,(H,5,6)(H,7,8);;/q;;;2*+1/p-2. The van der Waals surface area contributed by atoms with Crippen LogP contribution in [0, 0.1) is 0 Å². The van der Waals surface area contributed by atoms with E-state index in [4.69, 9.17) is 0 Å². The normalized spacial score (nSPS) is 7.92. The van der Waals surface area contributed by atoms with Crippen LogP contribution in [0.15, 0.2) is 61.2 Å². The van der Waals surface area contributed by atoms with Gasteiger partial charge in [-0.25, -0.2) is 4.79 Å². The average molecular weight is 364 g/mol. The first-order valence-electron chi connectivity index (χ1n) is 6.25. The molecule has 0 amide bonds. The number of hydrogen-bond acceptors (Lipinski definition) is 6. The van der Waals surface area contributed by atoms with Crippen LogP contribution in [0.3, 0.4) is 0 Å². The Balaban J connectivity index is -0.000000128. The van der Waals surface area contributed by atoms with Crippen LogP contribution in [-0.4, -0.2) is 25.0 Å². The van der Waals surface area contributed by atoms with E-state index in [1.54, 1.807) is 6.92 Å². The van der Waals surface area contributed by atoms with Gasteiger partial charge in [0.1, 0.15) is 0 Å². The molecule has 0 heterocycles. The number of ether oxygens (including phenoxy) is 1. The van der Waals surface area contributed by atoms with Crippen LogP contribution in [-0.2, 0) is 19.1 Å². The van der Waals surface area contributed by atoms with Gasteiger partial charge in [0.2, 0.25) is 0 Å². The van der Waals surface area contributed by atoms with Crippen LogP contribution in [0.4, 0.5) is 0 Å². The van der Waals surface area contributed by atoms with Gasteiger partial charge in [0.25, 0.3) is 0 Å². The summed E-state index contributed by atoms with van der Waals surface area (Å²) in [5.41, 5.74) is 1.61. The molecular formula is C17H18Na2O6. The molecule has 0 bridgehead atoms. The van der Waals surface area contributed by atoms with Crippen LogP contribution in [0.25, 0.3) is 6.08 Å². The molecule has 1 rings (SSSR count). The number of methoxy groups -OCH3 is 1. The fourth-order valence-electron chi connectivity index (χ4n) is 0.899. The smallest absolute Gasteiger partial charge is 0.545 e. The second kappa shape index (κ2) is 20.9. The number of carbonyl (C=O) groups is 3. The van der Waals surface area contributed by atoms with E-state index in [1.165, 1.54) is 12.7 Å². The number of carboxylic acid groups (broad SMARTS) is 2. The number of carboxylic acids is 2. The predicted molar refractivity (Wildman–Crippen MR) is 82.5 cm³/mol. The Labute approximate surface area is 191 Å². The summed E-state index contributed by atoms with van der Waals surface area (Å²) in [6.07, 6.45) is 2.60. The van der Waals surface area contributed by atoms with Gasteiger partial charge in [-0.15, -0.1) is 0 Å². The van der Waals surface area contributed by atoms with Crippen LogP contribution in [0.5, 0.6) is 0 Å². The Kier molecular flexibility index (Phi) is 26.4. The molecule has 1 aromatic carbocycles. The summed E-state index contributed by atoms with van der Waals surface area (Å²) in [6.45, 7) is 8.59. The third kappa shape index (κ3) is 25.2. The van der Waals surface area contributed by atoms with Crippen molar-refractivity contribution in [2.75, 3.05) is 7.11 Å². The molecular weight excluding hydrogens is 346 g/mol. The second-order valence-corrected chi connectivity index (χ2v) is 3.86. The van der Waals surface area contributed by atoms with E-state index in [9.17, 15) is 24.6 Å². The van der Waals surface area contributed by atoms with Gasteiger partial charge in [0.05, 0.1) is 19.0 Å². The van der Waals surface area contributed by atoms with Gasteiger partial charge in [-0.1, -0.05) is 49.6 Å². The molecule has 0 radical (unpaired) electrons. The maximum atomic E-state index is 10.2. The summed E-state index contributed by atoms with van der Waals surface area (Å²) in [5.74, 6) is -3.44. The first-order valence-corrected chi connectivity index (χ1v) is 6.25. The molecule has 0 unspecified atom stereocenters. The zero-order chi connectivity index (χ0) is 18.3. The van der Waals surface area contributed by atoms with E-state index in [1.807, 2.05) is 36.4 Å². The Morgan fingerprint density at radius 2 is 1.40 bits per heavy atom. The maximum absolute atomic E-state index is 10.2. The Morgan fingerprint density at radius 1 is 1.00 bits per heavy atom. The summed E-state index contributed by atoms with van der Waals surface area (Å²) < 4.78 is 4.27. The Hall–Kier alpha value is -1.15. The average Bonchev–Trinajstić information content (AvgIpc) is 2.54. The molecule has 25 heavy (non-hydrogen) atoms. The molecule has 124 valence electrons. The van der Waals surface area contributed by atoms with Crippen molar-refractivity contribution in [3.05, 3.63) is 66.8 Å². The van der Waals surface area contributed by atoms with Gasteiger partial charge < -0.3 is 24.5 Å². The molecule has 0 saturated heterocycles. The Bertz CT molecular complexity index is 552. The zero-order valence-electron chi connectivity index (χ0n) is 15.0. The van der Waals surface area contributed by atoms with Crippen molar-refractivity contribution < 1.29 is 88.4 Å². The minimum Gasteiger partial charge on any atom is -0.545 e.